The van der Waals surface area contributed by atoms with E-state index in [1.165, 1.54) is 19.2 Å². The fourth-order valence-corrected chi connectivity index (χ4v) is 3.62. The van der Waals surface area contributed by atoms with Gasteiger partial charge >= 0.3 is 0 Å². The molecular weight excluding hydrogens is 428 g/mol. The Morgan fingerprint density at radius 2 is 1.97 bits per heavy atom. The number of furan rings is 1. The molecule has 176 valence electrons. The van der Waals surface area contributed by atoms with Crippen molar-refractivity contribution < 1.29 is 28.6 Å². The van der Waals surface area contributed by atoms with Crippen LogP contribution < -0.4 is 15.5 Å². The first-order chi connectivity index (χ1) is 15.7. The third-order valence-corrected chi connectivity index (χ3v) is 5.37. The zero-order valence-corrected chi connectivity index (χ0v) is 19.0. The second-order valence-electron chi connectivity index (χ2n) is 7.92. The molecule has 0 aliphatic carbocycles. The third kappa shape index (κ3) is 5.56. The Bertz CT molecular complexity index is 1150. The number of hydrogen-bond acceptors (Lipinski definition) is 8. The van der Waals surface area contributed by atoms with Gasteiger partial charge in [0, 0.05) is 19.0 Å². The Labute approximate surface area is 191 Å². The largest absolute Gasteiger partial charge is 0.504 e. The van der Waals surface area contributed by atoms with E-state index in [0.29, 0.717) is 17.1 Å². The predicted octanol–water partition coefficient (Wildman–Crippen LogP) is 2.90. The van der Waals surface area contributed by atoms with Crippen LogP contribution >= 0.6 is 0 Å². The molecule has 9 heteroatoms. The van der Waals surface area contributed by atoms with E-state index in [4.69, 9.17) is 13.6 Å². The van der Waals surface area contributed by atoms with Gasteiger partial charge in [-0.2, -0.15) is 0 Å². The van der Waals surface area contributed by atoms with Gasteiger partial charge in [0.1, 0.15) is 11.5 Å². The SMILES string of the molecule is COc1cc([C@@H](CC(=O)NC[C@H](c2ccco2)N(C)C)c2oc(C)cc(=O)c2O)ccc1O. The van der Waals surface area contributed by atoms with E-state index < -0.39 is 17.1 Å². The van der Waals surface area contributed by atoms with Crippen molar-refractivity contribution in [3.8, 4) is 17.2 Å². The molecule has 3 N–H and O–H groups in total. The molecule has 0 radical (unpaired) electrons. The van der Waals surface area contributed by atoms with Gasteiger partial charge in [0.05, 0.1) is 25.3 Å². The smallest absolute Gasteiger partial charge is 0.227 e. The number of rotatable bonds is 9. The van der Waals surface area contributed by atoms with Gasteiger partial charge in [0.25, 0.3) is 0 Å². The van der Waals surface area contributed by atoms with Gasteiger partial charge in [-0.3, -0.25) is 14.5 Å². The van der Waals surface area contributed by atoms with Crippen LogP contribution in [0, 0.1) is 6.92 Å². The van der Waals surface area contributed by atoms with Gasteiger partial charge in [-0.05, 0) is 50.8 Å². The highest BCUT2D eigenvalue weighted by Crippen LogP contribution is 2.37. The Hall–Kier alpha value is -3.72. The highest BCUT2D eigenvalue weighted by molar-refractivity contribution is 5.77. The van der Waals surface area contributed by atoms with E-state index in [-0.39, 0.29) is 42.2 Å². The summed E-state index contributed by atoms with van der Waals surface area (Å²) in [6.07, 6.45) is 1.45. The van der Waals surface area contributed by atoms with E-state index in [9.17, 15) is 19.8 Å². The molecule has 0 bridgehead atoms. The molecule has 0 fully saturated rings. The summed E-state index contributed by atoms with van der Waals surface area (Å²) in [5.74, 6) is -0.589. The molecule has 0 aliphatic rings. The van der Waals surface area contributed by atoms with Crippen LogP contribution in [0.15, 0.2) is 56.3 Å². The molecule has 0 unspecified atom stereocenters. The van der Waals surface area contributed by atoms with Crippen LogP contribution in [0.25, 0.3) is 0 Å². The van der Waals surface area contributed by atoms with Crippen LogP contribution in [0.3, 0.4) is 0 Å². The number of aromatic hydroxyl groups is 2. The van der Waals surface area contributed by atoms with Crippen LogP contribution in [0.1, 0.15) is 41.2 Å². The van der Waals surface area contributed by atoms with Crippen LogP contribution in [0.2, 0.25) is 0 Å². The van der Waals surface area contributed by atoms with Crippen molar-refractivity contribution in [3.63, 3.8) is 0 Å². The van der Waals surface area contributed by atoms with E-state index in [1.54, 1.807) is 31.4 Å². The number of nitrogens with zero attached hydrogens (tertiary/aromatic N) is 1. The van der Waals surface area contributed by atoms with Gasteiger partial charge in [-0.15, -0.1) is 0 Å². The van der Waals surface area contributed by atoms with E-state index in [2.05, 4.69) is 5.32 Å². The van der Waals surface area contributed by atoms with Gasteiger partial charge in [0.15, 0.2) is 17.3 Å². The average Bonchev–Trinajstić information content (AvgIpc) is 3.29. The van der Waals surface area contributed by atoms with Gasteiger partial charge in [0.2, 0.25) is 17.1 Å². The molecule has 1 amide bonds. The van der Waals surface area contributed by atoms with Crippen molar-refractivity contribution >= 4 is 5.91 Å². The molecule has 3 aromatic rings. The molecule has 3 rings (SSSR count). The molecule has 9 nitrogen and oxygen atoms in total. The Morgan fingerprint density at radius 1 is 1.21 bits per heavy atom. The number of phenols is 1. The molecule has 2 aromatic heterocycles. The first-order valence-electron chi connectivity index (χ1n) is 10.4. The second kappa shape index (κ2) is 10.3. The zero-order chi connectivity index (χ0) is 24.1. The molecule has 2 atom stereocenters. The number of aryl methyl sites for hydroxylation is 1. The monoisotopic (exact) mass is 456 g/mol. The van der Waals surface area contributed by atoms with Crippen LogP contribution in [0.5, 0.6) is 17.2 Å². The lowest BCUT2D eigenvalue weighted by molar-refractivity contribution is -0.121. The first-order valence-corrected chi connectivity index (χ1v) is 10.4. The molecule has 0 saturated carbocycles. The number of carbonyl (C=O) groups is 1. The van der Waals surface area contributed by atoms with Gasteiger partial charge in [-0.1, -0.05) is 6.07 Å². The van der Waals surface area contributed by atoms with Crippen molar-refractivity contribution in [2.75, 3.05) is 27.7 Å². The molecule has 1 aromatic carbocycles. The van der Waals surface area contributed by atoms with Crippen molar-refractivity contribution in [2.24, 2.45) is 0 Å². The van der Waals surface area contributed by atoms with Crippen molar-refractivity contribution in [2.45, 2.75) is 25.3 Å². The maximum atomic E-state index is 13.0. The highest BCUT2D eigenvalue weighted by Gasteiger charge is 2.27. The van der Waals surface area contributed by atoms with E-state index in [1.807, 2.05) is 25.1 Å². The fourth-order valence-electron chi connectivity index (χ4n) is 3.62. The summed E-state index contributed by atoms with van der Waals surface area (Å²) in [6.45, 7) is 1.87. The Kier molecular flexibility index (Phi) is 7.44. The predicted molar refractivity (Wildman–Crippen MR) is 121 cm³/mol. The number of amides is 1. The van der Waals surface area contributed by atoms with E-state index >= 15 is 0 Å². The van der Waals surface area contributed by atoms with Crippen molar-refractivity contribution in [3.05, 3.63) is 75.7 Å². The molecule has 2 heterocycles. The minimum atomic E-state index is -0.798. The summed E-state index contributed by atoms with van der Waals surface area (Å²) >= 11 is 0. The number of hydrogen-bond donors (Lipinski definition) is 3. The maximum absolute atomic E-state index is 13.0. The summed E-state index contributed by atoms with van der Waals surface area (Å²) in [4.78, 5) is 27.1. The molecule has 33 heavy (non-hydrogen) atoms. The van der Waals surface area contributed by atoms with Crippen LogP contribution in [0.4, 0.5) is 0 Å². The summed E-state index contributed by atoms with van der Waals surface area (Å²) < 4.78 is 16.3. The zero-order valence-electron chi connectivity index (χ0n) is 19.0. The Balaban J connectivity index is 1.90. The second-order valence-corrected chi connectivity index (χ2v) is 7.92. The number of ether oxygens (including phenoxy) is 1. The van der Waals surface area contributed by atoms with Crippen LogP contribution in [-0.2, 0) is 4.79 Å². The number of likely N-dealkylation sites (N-methyl/N-ethyl adjacent to an activating group) is 1. The summed E-state index contributed by atoms with van der Waals surface area (Å²) in [7, 11) is 5.16. The maximum Gasteiger partial charge on any atom is 0.227 e. The van der Waals surface area contributed by atoms with Gasteiger partial charge < -0.3 is 29.1 Å². The number of methoxy groups -OCH3 is 1. The topological polar surface area (TPSA) is 125 Å². The standard InChI is InChI=1S/C24H28N2O7/c1-14-10-19(28)23(30)24(33-14)16(15-7-8-18(27)21(11-15)31-4)12-22(29)25-13-17(26(2)3)20-6-5-9-32-20/h5-11,16-17,27,30H,12-13H2,1-4H3,(H,25,29)/t16-,17-/m1/s1. The molecular formula is C24H28N2O7. The fraction of sp³-hybridized carbons (Fsp3) is 0.333. The summed E-state index contributed by atoms with van der Waals surface area (Å²) in [5, 5.41) is 23.3. The number of benzene rings is 1. The van der Waals surface area contributed by atoms with Crippen molar-refractivity contribution in [1.29, 1.82) is 0 Å². The first kappa shape index (κ1) is 23.9. The molecule has 0 aliphatic heterocycles. The quantitative estimate of drug-likeness (QED) is 0.449. The Morgan fingerprint density at radius 3 is 2.61 bits per heavy atom. The van der Waals surface area contributed by atoms with Crippen LogP contribution in [-0.4, -0.2) is 48.8 Å². The summed E-state index contributed by atoms with van der Waals surface area (Å²) in [6, 6.07) is 9.17. The minimum absolute atomic E-state index is 0.0295. The van der Waals surface area contributed by atoms with Crippen molar-refractivity contribution in [1.82, 2.24) is 10.2 Å². The minimum Gasteiger partial charge on any atom is -0.504 e. The number of phenolic OH excluding ortho intramolecular Hbond substituents is 1. The average molecular weight is 456 g/mol. The third-order valence-electron chi connectivity index (χ3n) is 5.37. The lowest BCUT2D eigenvalue weighted by atomic mass is 9.91. The lowest BCUT2D eigenvalue weighted by Crippen LogP contribution is -2.35. The molecule has 0 spiro atoms. The molecule has 0 saturated heterocycles. The lowest BCUT2D eigenvalue weighted by Gasteiger charge is -2.23. The number of carbonyl (C=O) groups excluding carboxylic acids is 1. The highest BCUT2D eigenvalue weighted by atomic mass is 16.5. The normalized spacial score (nSPS) is 13.0. The summed E-state index contributed by atoms with van der Waals surface area (Å²) in [5.41, 5.74) is -0.0746. The van der Waals surface area contributed by atoms with Gasteiger partial charge in [-0.25, -0.2) is 0 Å². The number of nitrogens with one attached hydrogen (secondary N) is 1. The van der Waals surface area contributed by atoms with E-state index in [0.717, 1.165) is 0 Å².